The molecule has 0 bridgehead atoms. The Morgan fingerprint density at radius 2 is 1.84 bits per heavy atom. The fourth-order valence-corrected chi connectivity index (χ4v) is 2.11. The molecule has 0 spiro atoms. The van der Waals surface area contributed by atoms with Crippen LogP contribution in [-0.2, 0) is 9.53 Å². The van der Waals surface area contributed by atoms with Gasteiger partial charge in [0.15, 0.2) is 0 Å². The summed E-state index contributed by atoms with van der Waals surface area (Å²) < 4.78 is 5.57. The Morgan fingerprint density at radius 1 is 1.21 bits per heavy atom. The fourth-order valence-electron chi connectivity index (χ4n) is 1.79. The molecule has 1 rings (SSSR count). The first-order valence-electron chi connectivity index (χ1n) is 6.87. The SMILES string of the molecule is CC(C)C(C)OC(=O)C(CCCBr)c1ccccc1. The number of rotatable bonds is 7. The first kappa shape index (κ1) is 16.2. The second-order valence-electron chi connectivity index (χ2n) is 5.18. The topological polar surface area (TPSA) is 26.3 Å². The molecule has 0 heterocycles. The molecule has 2 unspecified atom stereocenters. The summed E-state index contributed by atoms with van der Waals surface area (Å²) in [7, 11) is 0. The van der Waals surface area contributed by atoms with E-state index in [1.165, 1.54) is 0 Å². The van der Waals surface area contributed by atoms with Crippen LogP contribution in [-0.4, -0.2) is 17.4 Å². The van der Waals surface area contributed by atoms with Crippen LogP contribution in [0.5, 0.6) is 0 Å². The van der Waals surface area contributed by atoms with Gasteiger partial charge in [0, 0.05) is 5.33 Å². The lowest BCUT2D eigenvalue weighted by molar-refractivity contribution is -0.152. The normalized spacial score (nSPS) is 14.2. The molecule has 0 aliphatic heterocycles. The van der Waals surface area contributed by atoms with Crippen molar-refractivity contribution in [3.63, 3.8) is 0 Å². The number of hydrogen-bond acceptors (Lipinski definition) is 2. The predicted octanol–water partition coefficient (Wildman–Crippen LogP) is 4.53. The highest BCUT2D eigenvalue weighted by Gasteiger charge is 2.24. The number of hydrogen-bond donors (Lipinski definition) is 0. The van der Waals surface area contributed by atoms with Crippen LogP contribution in [0.2, 0.25) is 0 Å². The lowest BCUT2D eigenvalue weighted by Crippen LogP contribution is -2.24. The fraction of sp³-hybridized carbons (Fsp3) is 0.562. The van der Waals surface area contributed by atoms with Crippen molar-refractivity contribution in [3.8, 4) is 0 Å². The first-order chi connectivity index (χ1) is 9.06. The summed E-state index contributed by atoms with van der Waals surface area (Å²) in [5.74, 6) is 0.0878. The van der Waals surface area contributed by atoms with Crippen LogP contribution < -0.4 is 0 Å². The smallest absolute Gasteiger partial charge is 0.313 e. The number of halogens is 1. The summed E-state index contributed by atoms with van der Waals surface area (Å²) in [6, 6.07) is 9.90. The van der Waals surface area contributed by atoms with Crippen molar-refractivity contribution in [3.05, 3.63) is 35.9 Å². The molecule has 1 aromatic carbocycles. The van der Waals surface area contributed by atoms with Crippen LogP contribution in [0.1, 0.15) is 45.1 Å². The van der Waals surface area contributed by atoms with Gasteiger partial charge in [-0.15, -0.1) is 0 Å². The summed E-state index contributed by atoms with van der Waals surface area (Å²) in [5, 5.41) is 0.906. The largest absolute Gasteiger partial charge is 0.462 e. The molecule has 2 atom stereocenters. The van der Waals surface area contributed by atoms with Gasteiger partial charge in [-0.05, 0) is 31.2 Å². The van der Waals surface area contributed by atoms with Gasteiger partial charge in [-0.3, -0.25) is 4.79 Å². The highest BCUT2D eigenvalue weighted by atomic mass is 79.9. The molecule has 0 aliphatic rings. The maximum Gasteiger partial charge on any atom is 0.313 e. The van der Waals surface area contributed by atoms with E-state index < -0.39 is 0 Å². The monoisotopic (exact) mass is 326 g/mol. The van der Waals surface area contributed by atoms with Crippen molar-refractivity contribution >= 4 is 21.9 Å². The predicted molar refractivity (Wildman–Crippen MR) is 82.6 cm³/mol. The van der Waals surface area contributed by atoms with Gasteiger partial charge in [0.1, 0.15) is 6.10 Å². The number of carbonyl (C=O) groups excluding carboxylic acids is 1. The van der Waals surface area contributed by atoms with E-state index in [9.17, 15) is 4.79 Å². The minimum Gasteiger partial charge on any atom is -0.462 e. The molecule has 0 N–H and O–H groups in total. The molecule has 2 nitrogen and oxygen atoms in total. The summed E-state index contributed by atoms with van der Waals surface area (Å²) >= 11 is 3.42. The molecule has 0 amide bonds. The van der Waals surface area contributed by atoms with Crippen LogP contribution in [0.4, 0.5) is 0 Å². The number of alkyl halides is 1. The number of carbonyl (C=O) groups is 1. The van der Waals surface area contributed by atoms with Crippen molar-refractivity contribution in [1.29, 1.82) is 0 Å². The first-order valence-corrected chi connectivity index (χ1v) is 7.99. The van der Waals surface area contributed by atoms with E-state index in [-0.39, 0.29) is 18.0 Å². The third-order valence-corrected chi connectivity index (χ3v) is 3.91. The van der Waals surface area contributed by atoms with Crippen LogP contribution in [0, 0.1) is 5.92 Å². The standard InChI is InChI=1S/C16H23BrO2/c1-12(2)13(3)19-16(18)15(10-7-11-17)14-8-5-4-6-9-14/h4-6,8-9,12-13,15H,7,10-11H2,1-3H3. The lowest BCUT2D eigenvalue weighted by Gasteiger charge is -2.21. The quantitative estimate of drug-likeness (QED) is 0.543. The minimum atomic E-state index is -0.153. The second-order valence-corrected chi connectivity index (χ2v) is 5.97. The van der Waals surface area contributed by atoms with Gasteiger partial charge in [0.2, 0.25) is 0 Å². The van der Waals surface area contributed by atoms with E-state index in [4.69, 9.17) is 4.74 Å². The molecule has 0 aromatic heterocycles. The summed E-state index contributed by atoms with van der Waals surface area (Å²) in [5.41, 5.74) is 1.05. The van der Waals surface area contributed by atoms with Crippen LogP contribution >= 0.6 is 15.9 Å². The van der Waals surface area contributed by atoms with Crippen molar-refractivity contribution < 1.29 is 9.53 Å². The molecule has 0 saturated carbocycles. The molecule has 19 heavy (non-hydrogen) atoms. The minimum absolute atomic E-state index is 0.0392. The molecule has 1 aromatic rings. The summed E-state index contributed by atoms with van der Waals surface area (Å²) in [4.78, 5) is 12.3. The molecule has 0 fully saturated rings. The van der Waals surface area contributed by atoms with Crippen molar-refractivity contribution in [1.82, 2.24) is 0 Å². The van der Waals surface area contributed by atoms with Crippen LogP contribution in [0.3, 0.4) is 0 Å². The molecule has 0 aliphatic carbocycles. The Labute approximate surface area is 124 Å². The zero-order chi connectivity index (χ0) is 14.3. The van der Waals surface area contributed by atoms with E-state index in [1.807, 2.05) is 37.3 Å². The number of ether oxygens (including phenoxy) is 1. The van der Waals surface area contributed by atoms with Gasteiger partial charge in [-0.2, -0.15) is 0 Å². The molecule has 0 saturated heterocycles. The maximum atomic E-state index is 12.3. The molecule has 3 heteroatoms. The van der Waals surface area contributed by atoms with Gasteiger partial charge in [0.25, 0.3) is 0 Å². The Morgan fingerprint density at radius 3 is 2.37 bits per heavy atom. The number of benzene rings is 1. The Kier molecular flexibility index (Phi) is 7.14. The average Bonchev–Trinajstić information content (AvgIpc) is 2.40. The van der Waals surface area contributed by atoms with Gasteiger partial charge < -0.3 is 4.74 Å². The van der Waals surface area contributed by atoms with E-state index in [1.54, 1.807) is 0 Å². The van der Waals surface area contributed by atoms with Crippen molar-refractivity contribution in [2.75, 3.05) is 5.33 Å². The average molecular weight is 327 g/mol. The highest BCUT2D eigenvalue weighted by Crippen LogP contribution is 2.24. The third kappa shape index (κ3) is 5.35. The number of esters is 1. The second kappa shape index (κ2) is 8.36. The lowest BCUT2D eigenvalue weighted by atomic mass is 9.94. The van der Waals surface area contributed by atoms with Crippen molar-refractivity contribution in [2.45, 2.75) is 45.6 Å². The van der Waals surface area contributed by atoms with Gasteiger partial charge in [-0.25, -0.2) is 0 Å². The summed E-state index contributed by atoms with van der Waals surface area (Å²) in [6.07, 6.45) is 1.74. The molecule has 0 radical (unpaired) electrons. The van der Waals surface area contributed by atoms with Gasteiger partial charge >= 0.3 is 5.97 Å². The maximum absolute atomic E-state index is 12.3. The zero-order valence-corrected chi connectivity index (χ0v) is 13.5. The zero-order valence-electron chi connectivity index (χ0n) is 11.9. The van der Waals surface area contributed by atoms with Crippen LogP contribution in [0.15, 0.2) is 30.3 Å². The molecular formula is C16H23BrO2. The Hall–Kier alpha value is -0.830. The molecule has 106 valence electrons. The molecular weight excluding hydrogens is 304 g/mol. The Balaban J connectivity index is 2.76. The van der Waals surface area contributed by atoms with Gasteiger partial charge in [0.05, 0.1) is 5.92 Å². The van der Waals surface area contributed by atoms with E-state index in [0.717, 1.165) is 23.7 Å². The Bertz CT molecular complexity index is 376. The highest BCUT2D eigenvalue weighted by molar-refractivity contribution is 9.09. The van der Waals surface area contributed by atoms with Crippen LogP contribution in [0.25, 0.3) is 0 Å². The van der Waals surface area contributed by atoms with E-state index in [2.05, 4.69) is 29.8 Å². The third-order valence-electron chi connectivity index (χ3n) is 3.35. The summed E-state index contributed by atoms with van der Waals surface area (Å²) in [6.45, 7) is 6.08. The van der Waals surface area contributed by atoms with E-state index in [0.29, 0.717) is 5.92 Å². The van der Waals surface area contributed by atoms with Crippen molar-refractivity contribution in [2.24, 2.45) is 5.92 Å². The van der Waals surface area contributed by atoms with Gasteiger partial charge in [-0.1, -0.05) is 60.1 Å². The van der Waals surface area contributed by atoms with E-state index >= 15 is 0 Å².